The summed E-state index contributed by atoms with van der Waals surface area (Å²) < 4.78 is 0. The van der Waals surface area contributed by atoms with Crippen LogP contribution in [0.4, 0.5) is 0 Å². The van der Waals surface area contributed by atoms with Gasteiger partial charge in [-0.3, -0.25) is 0 Å². The first-order valence-electron chi connectivity index (χ1n) is 4.04. The minimum absolute atomic E-state index is 0.854. The molecular weight excluding hydrogens is 146 g/mol. The number of nitrogens with one attached hydrogen (secondary N) is 1. The molecule has 0 amide bonds. The SMILES string of the molecule is C=C/C=C(\C=C/C)CC(=C)NC. The number of hydrogen-bond acceptors (Lipinski definition) is 1. The van der Waals surface area contributed by atoms with Gasteiger partial charge in [-0.15, -0.1) is 0 Å². The van der Waals surface area contributed by atoms with Gasteiger partial charge in [0.05, 0.1) is 0 Å². The minimum Gasteiger partial charge on any atom is -0.392 e. The van der Waals surface area contributed by atoms with Gasteiger partial charge in [-0.25, -0.2) is 0 Å². The Morgan fingerprint density at radius 1 is 1.50 bits per heavy atom. The van der Waals surface area contributed by atoms with Crippen LogP contribution in [0.1, 0.15) is 13.3 Å². The monoisotopic (exact) mass is 163 g/mol. The highest BCUT2D eigenvalue weighted by molar-refractivity contribution is 5.26. The van der Waals surface area contributed by atoms with Crippen molar-refractivity contribution in [2.75, 3.05) is 7.05 Å². The third-order valence-corrected chi connectivity index (χ3v) is 1.48. The lowest BCUT2D eigenvalue weighted by molar-refractivity contribution is 0.931. The zero-order valence-electron chi connectivity index (χ0n) is 7.93. The molecule has 0 aromatic heterocycles. The van der Waals surface area contributed by atoms with Crippen LogP contribution in [0.5, 0.6) is 0 Å². The minimum atomic E-state index is 0.854. The lowest BCUT2D eigenvalue weighted by Gasteiger charge is -2.04. The average molecular weight is 163 g/mol. The van der Waals surface area contributed by atoms with E-state index in [2.05, 4.69) is 24.6 Å². The first kappa shape index (κ1) is 10.8. The summed E-state index contributed by atoms with van der Waals surface area (Å²) in [6.07, 6.45) is 8.70. The van der Waals surface area contributed by atoms with Crippen molar-refractivity contribution < 1.29 is 0 Å². The molecule has 0 saturated heterocycles. The van der Waals surface area contributed by atoms with Gasteiger partial charge < -0.3 is 5.32 Å². The number of hydrogen-bond donors (Lipinski definition) is 1. The fraction of sp³-hybridized carbons (Fsp3) is 0.273. The highest BCUT2D eigenvalue weighted by Gasteiger charge is 1.92. The average Bonchev–Trinajstić information content (AvgIpc) is 2.05. The largest absolute Gasteiger partial charge is 0.392 e. The van der Waals surface area contributed by atoms with Crippen LogP contribution in [-0.4, -0.2) is 7.05 Å². The van der Waals surface area contributed by atoms with E-state index in [1.807, 2.05) is 26.1 Å². The lowest BCUT2D eigenvalue weighted by atomic mass is 10.1. The lowest BCUT2D eigenvalue weighted by Crippen LogP contribution is -2.04. The van der Waals surface area contributed by atoms with Gasteiger partial charge in [0, 0.05) is 19.2 Å². The Bertz CT molecular complexity index is 209. The van der Waals surface area contributed by atoms with Crippen LogP contribution in [0.3, 0.4) is 0 Å². The second kappa shape index (κ2) is 6.47. The number of allylic oxidation sites excluding steroid dienone is 5. The van der Waals surface area contributed by atoms with Crippen molar-refractivity contribution >= 4 is 0 Å². The molecule has 0 bridgehead atoms. The van der Waals surface area contributed by atoms with Crippen molar-refractivity contribution in [3.63, 3.8) is 0 Å². The van der Waals surface area contributed by atoms with Crippen molar-refractivity contribution in [1.82, 2.24) is 5.32 Å². The molecule has 0 unspecified atom stereocenters. The van der Waals surface area contributed by atoms with E-state index in [1.54, 1.807) is 6.08 Å². The molecule has 0 atom stereocenters. The van der Waals surface area contributed by atoms with E-state index < -0.39 is 0 Å². The van der Waals surface area contributed by atoms with Crippen LogP contribution >= 0.6 is 0 Å². The van der Waals surface area contributed by atoms with E-state index in [0.29, 0.717) is 0 Å². The molecule has 0 aromatic carbocycles. The molecule has 0 aliphatic rings. The Hall–Kier alpha value is -1.24. The van der Waals surface area contributed by atoms with E-state index in [9.17, 15) is 0 Å². The molecule has 1 N–H and O–H groups in total. The van der Waals surface area contributed by atoms with Gasteiger partial charge in [0.15, 0.2) is 0 Å². The Morgan fingerprint density at radius 3 is 2.58 bits per heavy atom. The summed E-state index contributed by atoms with van der Waals surface area (Å²) in [5.74, 6) is 0. The fourth-order valence-corrected chi connectivity index (χ4v) is 0.874. The van der Waals surface area contributed by atoms with Gasteiger partial charge in [0.25, 0.3) is 0 Å². The smallest absolute Gasteiger partial charge is 0.0117 e. The Balaban J connectivity index is 4.23. The molecule has 0 aromatic rings. The van der Waals surface area contributed by atoms with Gasteiger partial charge in [-0.2, -0.15) is 0 Å². The molecule has 66 valence electrons. The summed E-state index contributed by atoms with van der Waals surface area (Å²) in [4.78, 5) is 0. The van der Waals surface area contributed by atoms with E-state index in [4.69, 9.17) is 0 Å². The molecule has 0 saturated carbocycles. The normalized spacial score (nSPS) is 11.7. The Kier molecular flexibility index (Phi) is 5.80. The second-order valence-corrected chi connectivity index (χ2v) is 2.51. The molecule has 0 spiro atoms. The van der Waals surface area contributed by atoms with Gasteiger partial charge >= 0.3 is 0 Å². The maximum absolute atomic E-state index is 3.86. The van der Waals surface area contributed by atoms with E-state index in [-0.39, 0.29) is 0 Å². The predicted molar refractivity (Wildman–Crippen MR) is 55.9 cm³/mol. The zero-order valence-corrected chi connectivity index (χ0v) is 7.93. The predicted octanol–water partition coefficient (Wildman–Crippen LogP) is 2.80. The van der Waals surface area contributed by atoms with Crippen LogP contribution in [0, 0.1) is 0 Å². The molecule has 0 fully saturated rings. The third-order valence-electron chi connectivity index (χ3n) is 1.48. The molecule has 1 heteroatoms. The fourth-order valence-electron chi connectivity index (χ4n) is 0.874. The Labute approximate surface area is 75.2 Å². The van der Waals surface area contributed by atoms with E-state index >= 15 is 0 Å². The van der Waals surface area contributed by atoms with Gasteiger partial charge in [0.2, 0.25) is 0 Å². The first-order valence-corrected chi connectivity index (χ1v) is 4.04. The summed E-state index contributed by atoms with van der Waals surface area (Å²) in [6.45, 7) is 9.51. The summed E-state index contributed by atoms with van der Waals surface area (Å²) in [5.41, 5.74) is 2.23. The summed E-state index contributed by atoms with van der Waals surface area (Å²) in [5, 5.41) is 3.01. The van der Waals surface area contributed by atoms with E-state index in [0.717, 1.165) is 12.1 Å². The summed E-state index contributed by atoms with van der Waals surface area (Å²) in [7, 11) is 1.88. The molecule has 0 aliphatic heterocycles. The molecule has 1 nitrogen and oxygen atoms in total. The summed E-state index contributed by atoms with van der Waals surface area (Å²) in [6, 6.07) is 0. The molecule has 0 radical (unpaired) electrons. The van der Waals surface area contributed by atoms with Crippen LogP contribution in [0.25, 0.3) is 0 Å². The highest BCUT2D eigenvalue weighted by Crippen LogP contribution is 2.08. The highest BCUT2D eigenvalue weighted by atomic mass is 14.8. The van der Waals surface area contributed by atoms with Crippen molar-refractivity contribution in [3.05, 3.63) is 48.7 Å². The molecule has 0 rings (SSSR count). The Morgan fingerprint density at radius 2 is 2.17 bits per heavy atom. The van der Waals surface area contributed by atoms with Gasteiger partial charge in [-0.05, 0) is 12.5 Å². The molecule has 0 heterocycles. The quantitative estimate of drug-likeness (QED) is 0.614. The molecule has 0 aliphatic carbocycles. The molecule has 12 heavy (non-hydrogen) atoms. The van der Waals surface area contributed by atoms with Crippen LogP contribution in [-0.2, 0) is 0 Å². The first-order chi connectivity index (χ1) is 5.74. The summed E-state index contributed by atoms with van der Waals surface area (Å²) >= 11 is 0. The van der Waals surface area contributed by atoms with Crippen molar-refractivity contribution in [1.29, 1.82) is 0 Å². The molecular formula is C11H17N. The van der Waals surface area contributed by atoms with Crippen molar-refractivity contribution in [2.24, 2.45) is 0 Å². The standard InChI is InChI=1S/C11H17N/c1-5-7-11(8-6-2)9-10(3)12-4/h5-8,12H,1,3,9H2,2,4H3/b8-6-,11-7+. The van der Waals surface area contributed by atoms with Crippen LogP contribution in [0.2, 0.25) is 0 Å². The second-order valence-electron chi connectivity index (χ2n) is 2.51. The van der Waals surface area contributed by atoms with Gasteiger partial charge in [0.1, 0.15) is 0 Å². The van der Waals surface area contributed by atoms with Crippen LogP contribution in [0.15, 0.2) is 48.7 Å². The maximum Gasteiger partial charge on any atom is 0.0117 e. The zero-order chi connectivity index (χ0) is 9.40. The van der Waals surface area contributed by atoms with Crippen LogP contribution < -0.4 is 5.32 Å². The maximum atomic E-state index is 3.86. The third kappa shape index (κ3) is 4.56. The topological polar surface area (TPSA) is 12.0 Å². The number of rotatable bonds is 5. The van der Waals surface area contributed by atoms with Crippen molar-refractivity contribution in [3.8, 4) is 0 Å². The van der Waals surface area contributed by atoms with Gasteiger partial charge in [-0.1, -0.05) is 37.5 Å². The van der Waals surface area contributed by atoms with Crippen molar-refractivity contribution in [2.45, 2.75) is 13.3 Å². The van der Waals surface area contributed by atoms with E-state index in [1.165, 1.54) is 5.57 Å².